The number of hydrogen-bond acceptors (Lipinski definition) is 21. The Bertz CT molecular complexity index is 4300. The van der Waals surface area contributed by atoms with Crippen LogP contribution in [0.2, 0.25) is 0 Å². The summed E-state index contributed by atoms with van der Waals surface area (Å²) in [5.41, 5.74) is 4.60. The molecule has 4 amide bonds. The van der Waals surface area contributed by atoms with Crippen molar-refractivity contribution in [2.24, 2.45) is 0 Å². The molecule has 5 N–H and O–H groups in total. The van der Waals surface area contributed by atoms with Gasteiger partial charge in [0.2, 0.25) is 11.8 Å². The number of fused-ring (bicyclic) bond motifs is 2. The third-order valence-electron chi connectivity index (χ3n) is 20.4. The van der Waals surface area contributed by atoms with Crippen LogP contribution >= 0.6 is 11.8 Å². The van der Waals surface area contributed by atoms with E-state index in [2.05, 4.69) is 33.4 Å². The molecule has 0 bridgehead atoms. The fraction of sp³-hybridized carbons (Fsp3) is 0.393. The van der Waals surface area contributed by atoms with Gasteiger partial charge in [-0.2, -0.15) is 11.8 Å². The van der Waals surface area contributed by atoms with E-state index < -0.39 is 60.7 Å². The Morgan fingerprint density at radius 3 is 1.70 bits per heavy atom. The summed E-state index contributed by atoms with van der Waals surface area (Å²) in [6, 6.07) is 59.2. The van der Waals surface area contributed by atoms with Gasteiger partial charge in [0.05, 0.1) is 79.9 Å². The van der Waals surface area contributed by atoms with Crippen LogP contribution in [0.4, 0.5) is 10.6 Å². The third kappa shape index (κ3) is 18.2. The third-order valence-corrected chi connectivity index (χ3v) is 21.9. The maximum atomic E-state index is 15.0. The normalized spacial score (nSPS) is 18.5. The summed E-state index contributed by atoms with van der Waals surface area (Å²) in [5.74, 6) is 2.57. The minimum Gasteiger partial charge on any atom is -0.497 e. The highest BCUT2D eigenvalue weighted by atomic mass is 32.2. The van der Waals surface area contributed by atoms with Crippen molar-refractivity contribution >= 4 is 52.6 Å². The summed E-state index contributed by atoms with van der Waals surface area (Å²) in [6.07, 6.45) is 2.34. The molecule has 8 atom stereocenters. The molecule has 0 unspecified atom stereocenters. The Kier molecular flexibility index (Phi) is 27.8. The number of aliphatic hydroxyl groups excluding tert-OH is 1. The van der Waals surface area contributed by atoms with Gasteiger partial charge in [-0.1, -0.05) is 152 Å². The van der Waals surface area contributed by atoms with Gasteiger partial charge in [-0.3, -0.25) is 14.2 Å². The molecule has 5 heterocycles. The van der Waals surface area contributed by atoms with Crippen LogP contribution in [0.1, 0.15) is 96.5 Å². The molecule has 0 aliphatic carbocycles. The average molecular weight is 1520 g/mol. The van der Waals surface area contributed by atoms with Crippen molar-refractivity contribution in [3.8, 4) is 23.0 Å². The number of nitrogens with zero attached hydrogens (tertiary/aromatic N) is 5. The maximum absolute atomic E-state index is 15.0. The Morgan fingerprint density at radius 1 is 0.609 bits per heavy atom. The predicted octanol–water partition coefficient (Wildman–Crippen LogP) is 10.9. The number of esters is 1. The highest BCUT2D eigenvalue weighted by Crippen LogP contribution is 2.50. The smallest absolute Gasteiger partial charge is 0.329 e. The zero-order valence-electron chi connectivity index (χ0n) is 62.8. The molecular formula is C84H97N9O16S. The van der Waals surface area contributed by atoms with E-state index in [0.29, 0.717) is 73.0 Å². The Hall–Kier alpha value is -10.2. The zero-order valence-corrected chi connectivity index (χ0v) is 63.6. The summed E-state index contributed by atoms with van der Waals surface area (Å²) < 4.78 is 66.7. The molecule has 26 heteroatoms. The first-order chi connectivity index (χ1) is 53.9. The molecule has 7 aromatic carbocycles. The lowest BCUT2D eigenvalue weighted by Crippen LogP contribution is -2.53. The number of benzene rings is 7. The standard InChI is InChI=1S/C84H97N9O16S/c1-99-47-49-105-82(106-50-48-100-2)109-76-75(69(52-94)107-79(76)92-55-88-74-77(86-54-87-78(74)92)91-83(57-23-13-8-14-24-57,58-30-38-63(101-3)39-31-58)59-32-40-64(102-4)41-33-59)108-80(97)67(51-56-21-11-7-12-22-56)89-72(96)29-17-10-20-46-85-71(95)28-19-18-27-70-73-68(53-110-70)93(81(98)90-73)84(60-25-15-9-16-26-60,61-34-42-65(103-5)43-35-61)62-36-44-66(104-6)45-37-62/h7-9,11-16,21-26,30-45,54-55,67-70,73,75-76,79,82,94H,10,17-20,27-29,46-53H2,1-6H3,(H,85,95)(H,89,96)(H,90,98)(H,86,87,91)/t67-,68-,69+,70-,73-,75+,76+,79+/m0/s1. The van der Waals surface area contributed by atoms with Crippen molar-refractivity contribution in [1.29, 1.82) is 0 Å². The number of ether oxygens (including phenoxy) is 11. The largest absolute Gasteiger partial charge is 0.497 e. The van der Waals surface area contributed by atoms with Gasteiger partial charge in [0.1, 0.15) is 58.7 Å². The van der Waals surface area contributed by atoms with Crippen LogP contribution in [0.5, 0.6) is 23.0 Å². The molecule has 9 aromatic rings. The van der Waals surface area contributed by atoms with Gasteiger partial charge in [0.25, 0.3) is 6.48 Å². The number of imidazole rings is 1. The molecule has 12 rings (SSSR count). The molecule has 0 saturated carbocycles. The molecule has 3 aliphatic rings. The van der Waals surface area contributed by atoms with Crippen LogP contribution in [0.25, 0.3) is 11.2 Å². The van der Waals surface area contributed by atoms with Crippen molar-refractivity contribution < 1.29 is 76.4 Å². The summed E-state index contributed by atoms with van der Waals surface area (Å²) >= 11 is 1.86. The average Bonchev–Trinajstić information content (AvgIpc) is 1.40. The first kappa shape index (κ1) is 79.4. The van der Waals surface area contributed by atoms with Crippen LogP contribution in [0, 0.1) is 0 Å². The molecule has 3 aliphatic heterocycles. The van der Waals surface area contributed by atoms with E-state index in [-0.39, 0.29) is 80.1 Å². The van der Waals surface area contributed by atoms with E-state index in [9.17, 15) is 19.5 Å². The summed E-state index contributed by atoms with van der Waals surface area (Å²) in [4.78, 5) is 73.6. The van der Waals surface area contributed by atoms with Crippen LogP contribution in [0.3, 0.4) is 0 Å². The van der Waals surface area contributed by atoms with Gasteiger partial charge < -0.3 is 83.4 Å². The topological polar surface area (TPSA) is 285 Å². The number of unbranched alkanes of at least 4 members (excludes halogenated alkanes) is 3. The van der Waals surface area contributed by atoms with E-state index in [0.717, 1.165) is 57.5 Å². The van der Waals surface area contributed by atoms with E-state index in [1.807, 2.05) is 193 Å². The molecule has 3 saturated heterocycles. The van der Waals surface area contributed by atoms with Crippen molar-refractivity contribution in [3.63, 3.8) is 0 Å². The monoisotopic (exact) mass is 1520 g/mol. The number of carbonyl (C=O) groups excluding carboxylic acids is 4. The van der Waals surface area contributed by atoms with Gasteiger partial charge in [-0.25, -0.2) is 24.5 Å². The fourth-order valence-electron chi connectivity index (χ4n) is 14.9. The van der Waals surface area contributed by atoms with Crippen molar-refractivity contribution in [1.82, 2.24) is 40.4 Å². The lowest BCUT2D eigenvalue weighted by Gasteiger charge is -2.45. The van der Waals surface area contributed by atoms with Gasteiger partial charge in [0, 0.05) is 51.0 Å². The Morgan fingerprint density at radius 2 is 1.14 bits per heavy atom. The van der Waals surface area contributed by atoms with Crippen molar-refractivity contribution in [2.75, 3.05) is 93.3 Å². The number of carbonyl (C=O) groups is 4. The second-order valence-corrected chi connectivity index (χ2v) is 28.3. The predicted molar refractivity (Wildman–Crippen MR) is 415 cm³/mol. The number of amides is 4. The number of rotatable bonds is 41. The summed E-state index contributed by atoms with van der Waals surface area (Å²) in [6.45, 7) is -1.20. The lowest BCUT2D eigenvalue weighted by molar-refractivity contribution is -0.321. The second kappa shape index (κ2) is 38.5. The van der Waals surface area contributed by atoms with E-state index in [1.54, 1.807) is 33.0 Å². The highest BCUT2D eigenvalue weighted by molar-refractivity contribution is 8.00. The van der Waals surface area contributed by atoms with Crippen molar-refractivity contribution in [3.05, 3.63) is 240 Å². The first-order valence-corrected chi connectivity index (χ1v) is 38.2. The molecule has 0 spiro atoms. The van der Waals surface area contributed by atoms with Crippen LogP contribution < -0.4 is 40.2 Å². The zero-order chi connectivity index (χ0) is 76.8. The van der Waals surface area contributed by atoms with E-state index >= 15 is 4.79 Å². The second-order valence-electron chi connectivity index (χ2n) is 27.0. The van der Waals surface area contributed by atoms with Crippen LogP contribution in [-0.2, 0) is 65.0 Å². The number of aromatic nitrogens is 4. The van der Waals surface area contributed by atoms with Crippen LogP contribution in [-0.4, -0.2) is 189 Å². The number of urea groups is 1. The molecule has 2 aromatic heterocycles. The minimum absolute atomic E-state index is 0.0347. The highest BCUT2D eigenvalue weighted by Gasteiger charge is 2.58. The van der Waals surface area contributed by atoms with Gasteiger partial charge in [0.15, 0.2) is 29.3 Å². The molecule has 110 heavy (non-hydrogen) atoms. The number of nitrogens with one attached hydrogen (secondary N) is 4. The SMILES string of the molecule is COCCOC(OCCOC)O[C@@H]1[C@H](OC(=O)[C@H](Cc2ccccc2)NC(=O)CCCCCNC(=O)CCCC[C@@H]2SC[C@H]3[C@@H]2NC(=O)N3C(c2ccccc2)(c2ccc(OC)cc2)c2ccc(OC)cc2)[C@@H](CO)O[C@H]1n1cnc2c(NC(c3ccccc3)(c3ccc(OC)cc3)c3ccc(OC)cc3)ncnc21. The summed E-state index contributed by atoms with van der Waals surface area (Å²) in [7, 11) is 9.57. The number of hydrogen-bond donors (Lipinski definition) is 5. The van der Waals surface area contributed by atoms with Gasteiger partial charge in [-0.05, 0) is 113 Å². The molecule has 25 nitrogen and oxygen atoms in total. The molecule has 0 radical (unpaired) electrons. The number of thioether (sulfide) groups is 1. The number of methoxy groups -OCH3 is 6. The van der Waals surface area contributed by atoms with E-state index in [1.165, 1.54) is 26.9 Å². The molecule has 3 fully saturated rings. The Balaban J connectivity index is 0.691. The maximum Gasteiger partial charge on any atom is 0.329 e. The minimum atomic E-state index is -1.41. The Labute approximate surface area is 645 Å². The van der Waals surface area contributed by atoms with Crippen LogP contribution in [0.15, 0.2) is 201 Å². The van der Waals surface area contributed by atoms with Gasteiger partial charge in [-0.15, -0.1) is 0 Å². The van der Waals surface area contributed by atoms with Crippen molar-refractivity contribution in [2.45, 2.75) is 123 Å². The van der Waals surface area contributed by atoms with E-state index in [4.69, 9.17) is 67.1 Å². The molecule has 580 valence electrons. The quantitative estimate of drug-likeness (QED) is 0.00782. The molecular weight excluding hydrogens is 1420 g/mol. The number of anilines is 1. The number of aliphatic hydroxyl groups is 1. The summed E-state index contributed by atoms with van der Waals surface area (Å²) in [5, 5.41) is 24.6. The first-order valence-electron chi connectivity index (χ1n) is 37.2. The fourth-order valence-corrected chi connectivity index (χ4v) is 16.5. The lowest BCUT2D eigenvalue weighted by atomic mass is 9.74. The van der Waals surface area contributed by atoms with Gasteiger partial charge >= 0.3 is 12.0 Å².